The summed E-state index contributed by atoms with van der Waals surface area (Å²) in [5.41, 5.74) is 0.589. The lowest BCUT2D eigenvalue weighted by Gasteiger charge is -2.36. The number of ketones is 1. The van der Waals surface area contributed by atoms with Gasteiger partial charge >= 0.3 is 11.8 Å². The van der Waals surface area contributed by atoms with Crippen molar-refractivity contribution in [1.82, 2.24) is 9.88 Å². The molecule has 0 spiro atoms. The first-order chi connectivity index (χ1) is 15.2. The minimum atomic E-state index is -1.32. The molecule has 5 rings (SSSR count). The molecule has 0 amide bonds. The average molecular weight is 459 g/mol. The summed E-state index contributed by atoms with van der Waals surface area (Å²) in [5.74, 6) is -2.39. The molecule has 3 aliphatic rings. The molecule has 0 radical (unpaired) electrons. The Labute approximate surface area is 185 Å². The van der Waals surface area contributed by atoms with E-state index >= 15 is 0 Å². The maximum absolute atomic E-state index is 15.0. The number of hydrogen-bond donors (Lipinski definition) is 1. The number of aliphatic carboxylic acids is 1. The van der Waals surface area contributed by atoms with Crippen molar-refractivity contribution in [3.05, 3.63) is 60.7 Å². The predicted octanol–water partition coefficient (Wildman–Crippen LogP) is 2.41. The molecule has 0 atom stereocenters. The number of pyridine rings is 1. The van der Waals surface area contributed by atoms with Crippen LogP contribution < -0.4 is 10.7 Å². The highest BCUT2D eigenvalue weighted by Crippen LogP contribution is 2.55. The van der Waals surface area contributed by atoms with Gasteiger partial charge in [-0.3, -0.25) is 9.69 Å². The first kappa shape index (κ1) is 20.7. The fraction of sp³-hybridized carbons (Fsp3) is 0.333. The van der Waals surface area contributed by atoms with Crippen molar-refractivity contribution in [2.24, 2.45) is 0 Å². The summed E-state index contributed by atoms with van der Waals surface area (Å²) in [6.45, 7) is 6.02. The topological polar surface area (TPSA) is 117 Å². The number of nitrogens with zero attached hydrogens (tertiary/aromatic N) is 3. The number of carbonyl (C=O) groups is 2. The molecule has 0 unspecified atom stereocenters. The van der Waals surface area contributed by atoms with Crippen LogP contribution in [0.5, 0.6) is 0 Å². The van der Waals surface area contributed by atoms with Crippen LogP contribution in [0.3, 0.4) is 0 Å². The highest BCUT2D eigenvalue weighted by atomic mass is 32.2. The summed E-state index contributed by atoms with van der Waals surface area (Å²) in [5, 5.41) is 9.45. The summed E-state index contributed by atoms with van der Waals surface area (Å²) >= 11 is 1.23. The van der Waals surface area contributed by atoms with Crippen LogP contribution in [0.15, 0.2) is 35.1 Å². The Morgan fingerprint density at radius 2 is 1.94 bits per heavy atom. The normalized spacial score (nSPS) is 18.6. The second kappa shape index (κ2) is 7.45. The van der Waals surface area contributed by atoms with Gasteiger partial charge in [0.2, 0.25) is 5.78 Å². The van der Waals surface area contributed by atoms with Gasteiger partial charge in [0.15, 0.2) is 17.4 Å². The predicted molar refractivity (Wildman–Crippen MR) is 113 cm³/mol. The van der Waals surface area contributed by atoms with Crippen LogP contribution in [0.2, 0.25) is 0 Å². The number of fused-ring (bicyclic) bond motifs is 3. The molecule has 2 aromatic rings. The maximum Gasteiger partial charge on any atom is 0.519 e. The molecule has 1 fully saturated rings. The minimum Gasteiger partial charge on any atom is -0.478 e. The number of piperazine rings is 1. The third-order valence-corrected chi connectivity index (χ3v) is 6.94. The van der Waals surface area contributed by atoms with Crippen molar-refractivity contribution < 1.29 is 27.9 Å². The number of hydrogen-bond acceptors (Lipinski definition) is 9. The van der Waals surface area contributed by atoms with Gasteiger partial charge in [0.1, 0.15) is 11.3 Å². The van der Waals surface area contributed by atoms with Gasteiger partial charge in [-0.25, -0.2) is 19.0 Å². The molecule has 1 N–H and O–H groups in total. The van der Waals surface area contributed by atoms with E-state index in [1.807, 2.05) is 6.92 Å². The number of carboxylic acid groups (broad SMARTS) is 1. The van der Waals surface area contributed by atoms with Crippen molar-refractivity contribution in [2.45, 2.75) is 20.4 Å². The van der Waals surface area contributed by atoms with E-state index in [0.29, 0.717) is 60.4 Å². The Kier molecular flexibility index (Phi) is 4.82. The van der Waals surface area contributed by atoms with Crippen molar-refractivity contribution in [1.29, 1.82) is 0 Å². The van der Waals surface area contributed by atoms with E-state index in [4.69, 9.17) is 8.83 Å². The number of aryl methyl sites for hydroxylation is 1. The third kappa shape index (κ3) is 3.19. The van der Waals surface area contributed by atoms with Crippen molar-refractivity contribution in [3.8, 4) is 0 Å². The van der Waals surface area contributed by atoms with Gasteiger partial charge in [-0.15, -0.1) is 0 Å². The molecule has 4 heterocycles. The van der Waals surface area contributed by atoms with E-state index in [0.717, 1.165) is 11.0 Å². The van der Waals surface area contributed by atoms with Crippen LogP contribution in [-0.2, 0) is 11.3 Å². The second-order valence-corrected chi connectivity index (χ2v) is 8.98. The lowest BCUT2D eigenvalue weighted by Crippen LogP contribution is -2.46. The molecule has 11 heteroatoms. The van der Waals surface area contributed by atoms with Crippen LogP contribution in [0, 0.1) is 12.7 Å². The Morgan fingerprint density at radius 3 is 2.53 bits per heavy atom. The van der Waals surface area contributed by atoms with Crippen LogP contribution in [-0.4, -0.2) is 52.9 Å². The molecule has 2 aromatic heterocycles. The summed E-state index contributed by atoms with van der Waals surface area (Å²) in [7, 11) is 0. The standard InChI is InChI=1S/C21H18FN3O6S/c1-9-13(31-21(29)30-9)8-24-3-5-25(6-4-24)19-12(22)7-11-16(23-19)14-10(2)32-18(14)15(17(11)26)20(27)28/h7H,3-6,8H2,1-2H3,(H,27,28). The number of anilines is 1. The molecule has 1 aliphatic carbocycles. The van der Waals surface area contributed by atoms with Gasteiger partial charge in [0.25, 0.3) is 0 Å². The number of aromatic nitrogens is 1. The Balaban J connectivity index is 1.40. The highest BCUT2D eigenvalue weighted by Gasteiger charge is 2.41. The Hall–Kier alpha value is -3.18. The van der Waals surface area contributed by atoms with Gasteiger partial charge < -0.3 is 18.8 Å². The Morgan fingerprint density at radius 1 is 1.22 bits per heavy atom. The first-order valence-electron chi connectivity index (χ1n) is 9.93. The van der Waals surface area contributed by atoms with Gasteiger partial charge in [0, 0.05) is 36.7 Å². The maximum atomic E-state index is 15.0. The first-order valence-corrected chi connectivity index (χ1v) is 10.7. The molecule has 0 saturated carbocycles. The van der Waals surface area contributed by atoms with Crippen molar-refractivity contribution in [3.63, 3.8) is 0 Å². The summed E-state index contributed by atoms with van der Waals surface area (Å²) in [4.78, 5) is 45.1. The fourth-order valence-corrected chi connectivity index (χ4v) is 5.24. The molecule has 32 heavy (non-hydrogen) atoms. The monoisotopic (exact) mass is 459 g/mol. The lowest BCUT2D eigenvalue weighted by molar-refractivity contribution is -0.132. The summed E-state index contributed by atoms with van der Waals surface area (Å²) < 4.78 is 24.9. The van der Waals surface area contributed by atoms with Crippen LogP contribution in [0.25, 0.3) is 5.57 Å². The third-order valence-electron chi connectivity index (χ3n) is 5.82. The van der Waals surface area contributed by atoms with Gasteiger partial charge in [-0.05, 0) is 24.8 Å². The molecular weight excluding hydrogens is 441 g/mol. The van der Waals surface area contributed by atoms with Crippen molar-refractivity contribution in [2.75, 3.05) is 31.1 Å². The van der Waals surface area contributed by atoms with Crippen molar-refractivity contribution >= 4 is 34.9 Å². The molecule has 1 saturated heterocycles. The average Bonchev–Trinajstić information content (AvgIpc) is 3.05. The van der Waals surface area contributed by atoms with Gasteiger partial charge in [-0.2, -0.15) is 0 Å². The number of carbonyl (C=O) groups excluding carboxylic acids is 1. The Bertz CT molecular complexity index is 1300. The number of thioether (sulfide) groups is 1. The van der Waals surface area contributed by atoms with Crippen LogP contribution >= 0.6 is 11.8 Å². The molecule has 166 valence electrons. The zero-order chi connectivity index (χ0) is 22.7. The van der Waals surface area contributed by atoms with E-state index < -0.39 is 23.4 Å². The summed E-state index contributed by atoms with van der Waals surface area (Å²) in [6.07, 6.45) is 0. The van der Waals surface area contributed by atoms with E-state index in [9.17, 15) is 23.9 Å². The number of halogens is 1. The molecular formula is C21H18FN3O6S. The zero-order valence-corrected chi connectivity index (χ0v) is 18.0. The van der Waals surface area contributed by atoms with Gasteiger partial charge in [0.05, 0.1) is 17.8 Å². The fourth-order valence-electron chi connectivity index (χ4n) is 4.16. The van der Waals surface area contributed by atoms with E-state index in [-0.39, 0.29) is 17.0 Å². The SMILES string of the molecule is CC1=C2C(=C(C(=O)O)C(=O)c3cc(F)c(N4CCN(Cc5oc(=O)oc5C)CC4)nc32)S1. The quantitative estimate of drug-likeness (QED) is 0.683. The van der Waals surface area contributed by atoms with Crippen LogP contribution in [0.4, 0.5) is 10.2 Å². The molecule has 9 nitrogen and oxygen atoms in total. The largest absolute Gasteiger partial charge is 0.519 e. The van der Waals surface area contributed by atoms with E-state index in [2.05, 4.69) is 9.88 Å². The smallest absolute Gasteiger partial charge is 0.478 e. The number of Topliss-reactive ketones (excluding diaryl/α,β-unsaturated/α-hetero) is 1. The molecule has 0 bridgehead atoms. The van der Waals surface area contributed by atoms with E-state index in [1.165, 1.54) is 11.8 Å². The molecule has 0 aromatic carbocycles. The minimum absolute atomic E-state index is 0.0221. The van der Waals surface area contributed by atoms with Crippen LogP contribution in [0.1, 0.15) is 34.5 Å². The highest BCUT2D eigenvalue weighted by molar-refractivity contribution is 8.09. The zero-order valence-electron chi connectivity index (χ0n) is 17.2. The second-order valence-electron chi connectivity index (χ2n) is 7.76. The van der Waals surface area contributed by atoms with Gasteiger partial charge in [-0.1, -0.05) is 11.8 Å². The summed E-state index contributed by atoms with van der Waals surface area (Å²) in [6, 6.07) is 1.10. The lowest BCUT2D eigenvalue weighted by atomic mass is 9.89. The number of allylic oxidation sites excluding steroid dienone is 2. The van der Waals surface area contributed by atoms with E-state index in [1.54, 1.807) is 11.8 Å². The number of rotatable bonds is 4. The molecule has 2 aliphatic heterocycles. The number of carboxylic acids is 1.